The minimum atomic E-state index is 0.660. The summed E-state index contributed by atoms with van der Waals surface area (Å²) < 4.78 is 0. The van der Waals surface area contributed by atoms with Gasteiger partial charge in [-0.25, -0.2) is 0 Å². The minimum absolute atomic E-state index is 0.660. The standard InChI is InChI=1S/C16H24N2/c17-14-8-9-15-13(12-14)6-5-7-16(15)18-10-3-1-2-4-11-18/h8-9,12,16H,1-7,10-11,17H2. The van der Waals surface area contributed by atoms with Gasteiger partial charge < -0.3 is 5.73 Å². The van der Waals surface area contributed by atoms with Crippen LogP contribution in [0.2, 0.25) is 0 Å². The van der Waals surface area contributed by atoms with Crippen molar-refractivity contribution in [1.29, 1.82) is 0 Å². The fourth-order valence-corrected chi connectivity index (χ4v) is 3.59. The molecule has 1 aliphatic heterocycles. The number of benzene rings is 1. The van der Waals surface area contributed by atoms with Gasteiger partial charge in [-0.3, -0.25) is 4.90 Å². The van der Waals surface area contributed by atoms with E-state index in [1.165, 1.54) is 63.6 Å². The lowest BCUT2D eigenvalue weighted by Crippen LogP contribution is -2.32. The molecule has 2 nitrogen and oxygen atoms in total. The van der Waals surface area contributed by atoms with Crippen LogP contribution in [-0.4, -0.2) is 18.0 Å². The van der Waals surface area contributed by atoms with Crippen molar-refractivity contribution in [2.24, 2.45) is 0 Å². The van der Waals surface area contributed by atoms with E-state index >= 15 is 0 Å². The SMILES string of the molecule is Nc1ccc2c(c1)CCCC2N1CCCCCC1. The molecule has 0 bridgehead atoms. The number of nitrogens with zero attached hydrogens (tertiary/aromatic N) is 1. The molecule has 1 saturated heterocycles. The van der Waals surface area contributed by atoms with Crippen molar-refractivity contribution in [3.8, 4) is 0 Å². The zero-order chi connectivity index (χ0) is 12.4. The van der Waals surface area contributed by atoms with E-state index in [0.29, 0.717) is 6.04 Å². The lowest BCUT2D eigenvalue weighted by Gasteiger charge is -2.35. The monoisotopic (exact) mass is 244 g/mol. The first-order chi connectivity index (χ1) is 8.84. The van der Waals surface area contributed by atoms with Crippen LogP contribution < -0.4 is 5.73 Å². The van der Waals surface area contributed by atoms with Crippen LogP contribution in [0, 0.1) is 0 Å². The number of likely N-dealkylation sites (tertiary alicyclic amines) is 1. The van der Waals surface area contributed by atoms with Crippen molar-refractivity contribution < 1.29 is 0 Å². The molecule has 1 atom stereocenters. The normalized spacial score (nSPS) is 25.4. The molecule has 0 aromatic heterocycles. The summed E-state index contributed by atoms with van der Waals surface area (Å²) in [5.74, 6) is 0. The Bertz CT molecular complexity index is 406. The van der Waals surface area contributed by atoms with Gasteiger partial charge in [0.05, 0.1) is 0 Å². The summed E-state index contributed by atoms with van der Waals surface area (Å²) in [5.41, 5.74) is 9.89. The van der Waals surface area contributed by atoms with E-state index in [-0.39, 0.29) is 0 Å². The summed E-state index contributed by atoms with van der Waals surface area (Å²) in [7, 11) is 0. The van der Waals surface area contributed by atoms with Crippen molar-refractivity contribution in [1.82, 2.24) is 4.90 Å². The second-order valence-electron chi connectivity index (χ2n) is 5.82. The summed E-state index contributed by atoms with van der Waals surface area (Å²) in [5, 5.41) is 0. The summed E-state index contributed by atoms with van der Waals surface area (Å²) >= 11 is 0. The second kappa shape index (κ2) is 5.31. The Balaban J connectivity index is 1.85. The molecule has 0 amide bonds. The quantitative estimate of drug-likeness (QED) is 0.766. The third-order valence-corrected chi connectivity index (χ3v) is 4.53. The zero-order valence-corrected chi connectivity index (χ0v) is 11.2. The number of hydrogen-bond acceptors (Lipinski definition) is 2. The topological polar surface area (TPSA) is 29.3 Å². The van der Waals surface area contributed by atoms with Gasteiger partial charge in [0.15, 0.2) is 0 Å². The maximum atomic E-state index is 5.92. The molecule has 0 spiro atoms. The first kappa shape index (κ1) is 12.0. The highest BCUT2D eigenvalue weighted by Gasteiger charge is 2.26. The molecule has 3 rings (SSSR count). The van der Waals surface area contributed by atoms with E-state index in [2.05, 4.69) is 23.1 Å². The van der Waals surface area contributed by atoms with E-state index in [1.807, 2.05) is 0 Å². The number of rotatable bonds is 1. The first-order valence-corrected chi connectivity index (χ1v) is 7.47. The fraction of sp³-hybridized carbons (Fsp3) is 0.625. The number of nitrogens with two attached hydrogens (primary N) is 1. The van der Waals surface area contributed by atoms with Crippen molar-refractivity contribution >= 4 is 5.69 Å². The van der Waals surface area contributed by atoms with Crippen LogP contribution in [0.4, 0.5) is 5.69 Å². The van der Waals surface area contributed by atoms with Gasteiger partial charge in [0.2, 0.25) is 0 Å². The Labute approximate surface area is 110 Å². The van der Waals surface area contributed by atoms with Gasteiger partial charge in [0.1, 0.15) is 0 Å². The Morgan fingerprint density at radius 2 is 1.78 bits per heavy atom. The smallest absolute Gasteiger partial charge is 0.0350 e. The highest BCUT2D eigenvalue weighted by molar-refractivity contribution is 5.46. The Hall–Kier alpha value is -1.02. The average molecular weight is 244 g/mol. The minimum Gasteiger partial charge on any atom is -0.399 e. The largest absolute Gasteiger partial charge is 0.399 e. The second-order valence-corrected chi connectivity index (χ2v) is 5.82. The summed E-state index contributed by atoms with van der Waals surface area (Å²) in [6.45, 7) is 2.57. The van der Waals surface area contributed by atoms with Crippen LogP contribution in [0.5, 0.6) is 0 Å². The van der Waals surface area contributed by atoms with Crippen LogP contribution in [0.25, 0.3) is 0 Å². The van der Waals surface area contributed by atoms with E-state index in [4.69, 9.17) is 5.73 Å². The van der Waals surface area contributed by atoms with Crippen molar-refractivity contribution in [3.05, 3.63) is 29.3 Å². The molecule has 1 fully saturated rings. The predicted molar refractivity (Wildman–Crippen MR) is 76.6 cm³/mol. The molecule has 1 aromatic rings. The molecular weight excluding hydrogens is 220 g/mol. The predicted octanol–water partition coefficient (Wildman–Crippen LogP) is 3.52. The highest BCUT2D eigenvalue weighted by Crippen LogP contribution is 2.36. The molecule has 1 aromatic carbocycles. The Morgan fingerprint density at radius 3 is 2.56 bits per heavy atom. The molecule has 0 saturated carbocycles. The van der Waals surface area contributed by atoms with Crippen LogP contribution in [0.1, 0.15) is 55.7 Å². The molecule has 1 unspecified atom stereocenters. The fourth-order valence-electron chi connectivity index (χ4n) is 3.59. The van der Waals surface area contributed by atoms with Crippen LogP contribution >= 0.6 is 0 Å². The molecule has 98 valence electrons. The van der Waals surface area contributed by atoms with E-state index in [9.17, 15) is 0 Å². The van der Waals surface area contributed by atoms with Gasteiger partial charge in [-0.15, -0.1) is 0 Å². The van der Waals surface area contributed by atoms with Gasteiger partial charge in [-0.1, -0.05) is 18.9 Å². The maximum Gasteiger partial charge on any atom is 0.0350 e. The summed E-state index contributed by atoms with van der Waals surface area (Å²) in [6, 6.07) is 7.21. The third-order valence-electron chi connectivity index (χ3n) is 4.53. The number of hydrogen-bond donors (Lipinski definition) is 1. The molecule has 18 heavy (non-hydrogen) atoms. The number of fused-ring (bicyclic) bond motifs is 1. The van der Waals surface area contributed by atoms with E-state index in [1.54, 1.807) is 5.56 Å². The van der Waals surface area contributed by atoms with Crippen LogP contribution in [0.15, 0.2) is 18.2 Å². The molecule has 2 aliphatic rings. The molecule has 1 heterocycles. The Kier molecular flexibility index (Phi) is 3.55. The number of nitrogen functional groups attached to an aromatic ring is 1. The average Bonchev–Trinajstić information content (AvgIpc) is 2.66. The molecule has 2 heteroatoms. The number of anilines is 1. The van der Waals surface area contributed by atoms with Crippen molar-refractivity contribution in [3.63, 3.8) is 0 Å². The third kappa shape index (κ3) is 2.39. The van der Waals surface area contributed by atoms with Gasteiger partial charge in [0.25, 0.3) is 0 Å². The molecular formula is C16H24N2. The maximum absolute atomic E-state index is 5.92. The van der Waals surface area contributed by atoms with Crippen LogP contribution in [0.3, 0.4) is 0 Å². The lowest BCUT2D eigenvalue weighted by atomic mass is 9.86. The summed E-state index contributed by atoms with van der Waals surface area (Å²) in [6.07, 6.45) is 9.44. The van der Waals surface area contributed by atoms with Crippen molar-refractivity contribution in [2.45, 2.75) is 51.0 Å². The van der Waals surface area contributed by atoms with Crippen LogP contribution in [-0.2, 0) is 6.42 Å². The van der Waals surface area contributed by atoms with Gasteiger partial charge >= 0.3 is 0 Å². The molecule has 0 radical (unpaired) electrons. The highest BCUT2D eigenvalue weighted by atomic mass is 15.2. The van der Waals surface area contributed by atoms with E-state index in [0.717, 1.165) is 5.69 Å². The zero-order valence-electron chi connectivity index (χ0n) is 11.2. The van der Waals surface area contributed by atoms with Gasteiger partial charge in [-0.05, 0) is 68.5 Å². The first-order valence-electron chi connectivity index (χ1n) is 7.47. The molecule has 2 N–H and O–H groups in total. The van der Waals surface area contributed by atoms with Crippen molar-refractivity contribution in [2.75, 3.05) is 18.8 Å². The van der Waals surface area contributed by atoms with Gasteiger partial charge in [-0.2, -0.15) is 0 Å². The van der Waals surface area contributed by atoms with Gasteiger partial charge in [0, 0.05) is 11.7 Å². The van der Waals surface area contributed by atoms with E-state index < -0.39 is 0 Å². The summed E-state index contributed by atoms with van der Waals surface area (Å²) in [4.78, 5) is 2.72. The number of aryl methyl sites for hydroxylation is 1. The molecule has 1 aliphatic carbocycles. The lowest BCUT2D eigenvalue weighted by molar-refractivity contribution is 0.185. The Morgan fingerprint density at radius 1 is 1.00 bits per heavy atom.